The molecular weight excluding hydrogens is 238 g/mol. The molecule has 0 spiro atoms. The molecule has 2 aliphatic carbocycles. The standard InChI is InChI=1S/C15H29N3O/c1-4-18(10-12-5-6-12)11(2)9-15(3,14(16)19)17-13-7-8-13/h11-13,17H,4-10H2,1-3H3,(H2,16,19). The first-order chi connectivity index (χ1) is 8.94. The number of carbonyl (C=O) groups is 1. The summed E-state index contributed by atoms with van der Waals surface area (Å²) in [6.07, 6.45) is 5.90. The zero-order valence-electron chi connectivity index (χ0n) is 12.6. The van der Waals surface area contributed by atoms with Gasteiger partial charge in [0.25, 0.3) is 0 Å². The van der Waals surface area contributed by atoms with Gasteiger partial charge in [0, 0.05) is 18.6 Å². The van der Waals surface area contributed by atoms with Crippen LogP contribution >= 0.6 is 0 Å². The molecule has 3 N–H and O–H groups in total. The zero-order valence-corrected chi connectivity index (χ0v) is 12.6. The Morgan fingerprint density at radius 3 is 2.47 bits per heavy atom. The highest BCUT2D eigenvalue weighted by atomic mass is 16.1. The van der Waals surface area contributed by atoms with Crippen LogP contribution < -0.4 is 11.1 Å². The molecule has 1 amide bonds. The number of carbonyl (C=O) groups excluding carboxylic acids is 1. The Morgan fingerprint density at radius 2 is 2.05 bits per heavy atom. The van der Waals surface area contributed by atoms with Gasteiger partial charge in [-0.1, -0.05) is 6.92 Å². The third-order valence-electron chi connectivity index (χ3n) is 4.57. The van der Waals surface area contributed by atoms with Crippen molar-refractivity contribution in [2.45, 2.75) is 70.5 Å². The Kier molecular flexibility index (Phi) is 4.51. The lowest BCUT2D eigenvalue weighted by molar-refractivity contribution is -0.124. The zero-order chi connectivity index (χ0) is 14.0. The molecule has 110 valence electrons. The lowest BCUT2D eigenvalue weighted by Crippen LogP contribution is -2.57. The van der Waals surface area contributed by atoms with Crippen molar-refractivity contribution in [1.82, 2.24) is 10.2 Å². The maximum Gasteiger partial charge on any atom is 0.237 e. The number of nitrogens with two attached hydrogens (primary N) is 1. The minimum Gasteiger partial charge on any atom is -0.368 e. The van der Waals surface area contributed by atoms with Gasteiger partial charge < -0.3 is 16.0 Å². The Labute approximate surface area is 117 Å². The average Bonchev–Trinajstić information content (AvgIpc) is 3.20. The Balaban J connectivity index is 1.91. The molecule has 0 aromatic rings. The molecule has 0 saturated heterocycles. The normalized spacial score (nSPS) is 24.2. The summed E-state index contributed by atoms with van der Waals surface area (Å²) in [6, 6.07) is 0.901. The Morgan fingerprint density at radius 1 is 1.42 bits per heavy atom. The SMILES string of the molecule is CCN(CC1CC1)C(C)CC(C)(NC1CC1)C(N)=O. The van der Waals surface area contributed by atoms with E-state index in [1.54, 1.807) is 0 Å². The minimum atomic E-state index is -0.558. The van der Waals surface area contributed by atoms with Crippen LogP contribution in [0.3, 0.4) is 0 Å². The van der Waals surface area contributed by atoms with Crippen molar-refractivity contribution < 1.29 is 4.79 Å². The Hall–Kier alpha value is -0.610. The lowest BCUT2D eigenvalue weighted by Gasteiger charge is -2.35. The van der Waals surface area contributed by atoms with E-state index < -0.39 is 5.54 Å². The van der Waals surface area contributed by atoms with E-state index in [1.165, 1.54) is 32.2 Å². The molecule has 2 aliphatic rings. The van der Waals surface area contributed by atoms with Gasteiger partial charge in [0.1, 0.15) is 0 Å². The van der Waals surface area contributed by atoms with Crippen molar-refractivity contribution in [3.63, 3.8) is 0 Å². The quantitative estimate of drug-likeness (QED) is 0.665. The molecule has 2 saturated carbocycles. The van der Waals surface area contributed by atoms with Gasteiger partial charge >= 0.3 is 0 Å². The van der Waals surface area contributed by atoms with Gasteiger partial charge in [-0.05, 0) is 58.4 Å². The fourth-order valence-electron chi connectivity index (χ4n) is 2.88. The second-order valence-corrected chi connectivity index (χ2v) is 6.70. The topological polar surface area (TPSA) is 58.4 Å². The molecule has 4 heteroatoms. The fourth-order valence-corrected chi connectivity index (χ4v) is 2.88. The van der Waals surface area contributed by atoms with Crippen LogP contribution in [0.1, 0.15) is 52.9 Å². The summed E-state index contributed by atoms with van der Waals surface area (Å²) < 4.78 is 0. The van der Waals surface area contributed by atoms with Gasteiger partial charge in [0.2, 0.25) is 5.91 Å². The van der Waals surface area contributed by atoms with Crippen LogP contribution in [0.4, 0.5) is 0 Å². The smallest absolute Gasteiger partial charge is 0.237 e. The summed E-state index contributed by atoms with van der Waals surface area (Å²) in [6.45, 7) is 8.62. The second-order valence-electron chi connectivity index (χ2n) is 6.70. The molecule has 2 unspecified atom stereocenters. The van der Waals surface area contributed by atoms with Crippen LogP contribution in [0.2, 0.25) is 0 Å². The highest BCUT2D eigenvalue weighted by Crippen LogP contribution is 2.31. The molecule has 2 rings (SSSR count). The number of primary amides is 1. The van der Waals surface area contributed by atoms with Crippen LogP contribution in [0.15, 0.2) is 0 Å². The van der Waals surface area contributed by atoms with Crippen molar-refractivity contribution in [1.29, 1.82) is 0 Å². The van der Waals surface area contributed by atoms with Gasteiger partial charge in [0.15, 0.2) is 0 Å². The molecular formula is C15H29N3O. The minimum absolute atomic E-state index is 0.214. The van der Waals surface area contributed by atoms with Crippen molar-refractivity contribution in [3.05, 3.63) is 0 Å². The maximum absolute atomic E-state index is 11.8. The van der Waals surface area contributed by atoms with E-state index in [0.717, 1.165) is 18.9 Å². The maximum atomic E-state index is 11.8. The van der Waals surface area contributed by atoms with Gasteiger partial charge in [0.05, 0.1) is 5.54 Å². The van der Waals surface area contributed by atoms with Crippen molar-refractivity contribution in [2.24, 2.45) is 11.7 Å². The van der Waals surface area contributed by atoms with Crippen LogP contribution in [0.5, 0.6) is 0 Å². The molecule has 2 atom stereocenters. The van der Waals surface area contributed by atoms with E-state index >= 15 is 0 Å². The third kappa shape index (κ3) is 4.18. The first kappa shape index (κ1) is 14.8. The summed E-state index contributed by atoms with van der Waals surface area (Å²) in [5.74, 6) is 0.673. The van der Waals surface area contributed by atoms with E-state index in [4.69, 9.17) is 5.73 Å². The average molecular weight is 267 g/mol. The summed E-state index contributed by atoms with van der Waals surface area (Å²) in [4.78, 5) is 14.3. The molecule has 2 fully saturated rings. The molecule has 0 aromatic carbocycles. The van der Waals surface area contributed by atoms with E-state index in [2.05, 4.69) is 24.1 Å². The summed E-state index contributed by atoms with van der Waals surface area (Å²) in [7, 11) is 0. The molecule has 19 heavy (non-hydrogen) atoms. The highest BCUT2D eigenvalue weighted by molar-refractivity contribution is 5.84. The summed E-state index contributed by atoms with van der Waals surface area (Å²) >= 11 is 0. The highest BCUT2D eigenvalue weighted by Gasteiger charge is 2.39. The second kappa shape index (κ2) is 5.80. The largest absolute Gasteiger partial charge is 0.368 e. The van der Waals surface area contributed by atoms with Crippen molar-refractivity contribution in [3.8, 4) is 0 Å². The molecule has 4 nitrogen and oxygen atoms in total. The van der Waals surface area contributed by atoms with Crippen LogP contribution in [0.25, 0.3) is 0 Å². The monoisotopic (exact) mass is 267 g/mol. The first-order valence-corrected chi connectivity index (χ1v) is 7.76. The number of nitrogens with zero attached hydrogens (tertiary/aromatic N) is 1. The van der Waals surface area contributed by atoms with E-state index in [1.807, 2.05) is 6.92 Å². The van der Waals surface area contributed by atoms with Gasteiger partial charge in [-0.2, -0.15) is 0 Å². The molecule has 0 aliphatic heterocycles. The first-order valence-electron chi connectivity index (χ1n) is 7.76. The molecule has 0 heterocycles. The Bertz CT molecular complexity index is 325. The molecule has 0 bridgehead atoms. The summed E-state index contributed by atoms with van der Waals surface area (Å²) in [5, 5.41) is 3.44. The van der Waals surface area contributed by atoms with Gasteiger partial charge in [-0.25, -0.2) is 0 Å². The van der Waals surface area contributed by atoms with Crippen LogP contribution in [-0.4, -0.2) is 41.5 Å². The van der Waals surface area contributed by atoms with Crippen LogP contribution in [-0.2, 0) is 4.79 Å². The number of hydrogen-bond acceptors (Lipinski definition) is 3. The number of nitrogens with one attached hydrogen (secondary N) is 1. The van der Waals surface area contributed by atoms with Crippen molar-refractivity contribution in [2.75, 3.05) is 13.1 Å². The fraction of sp³-hybridized carbons (Fsp3) is 0.933. The predicted molar refractivity (Wildman–Crippen MR) is 77.8 cm³/mol. The lowest BCUT2D eigenvalue weighted by atomic mass is 9.91. The molecule has 0 radical (unpaired) electrons. The van der Waals surface area contributed by atoms with Gasteiger partial charge in [-0.15, -0.1) is 0 Å². The van der Waals surface area contributed by atoms with E-state index in [9.17, 15) is 4.79 Å². The summed E-state index contributed by atoms with van der Waals surface area (Å²) in [5.41, 5.74) is 5.07. The number of hydrogen-bond donors (Lipinski definition) is 2. The number of rotatable bonds is 9. The third-order valence-corrected chi connectivity index (χ3v) is 4.57. The van der Waals surface area contributed by atoms with E-state index in [0.29, 0.717) is 12.1 Å². The number of amides is 1. The van der Waals surface area contributed by atoms with Crippen molar-refractivity contribution >= 4 is 5.91 Å². The van der Waals surface area contributed by atoms with Gasteiger partial charge in [-0.3, -0.25) is 4.79 Å². The molecule has 0 aromatic heterocycles. The van der Waals surface area contributed by atoms with E-state index in [-0.39, 0.29) is 5.91 Å². The predicted octanol–water partition coefficient (Wildman–Crippen LogP) is 1.49. The van der Waals surface area contributed by atoms with Crippen LogP contribution in [0, 0.1) is 5.92 Å².